The molecule has 2 aromatic carbocycles. The molecule has 2 aromatic heterocycles. The lowest BCUT2D eigenvalue weighted by atomic mass is 9.79. The Morgan fingerprint density at radius 2 is 1.02 bits per heavy atom. The number of rotatable bonds is 8. The van der Waals surface area contributed by atoms with Crippen LogP contribution in [0, 0.1) is 23.5 Å². The molecular formula is C45H50F2N2O6S2. The molecule has 2 saturated heterocycles. The molecule has 4 aliphatic rings. The Balaban J connectivity index is 0.000000174. The third-order valence-electron chi connectivity index (χ3n) is 12.1. The van der Waals surface area contributed by atoms with Gasteiger partial charge < -0.3 is 19.6 Å². The summed E-state index contributed by atoms with van der Waals surface area (Å²) in [5.74, 6) is -1.06. The first-order valence-corrected chi connectivity index (χ1v) is 22.0. The highest BCUT2D eigenvalue weighted by atomic mass is 32.1. The molecule has 4 fully saturated rings. The van der Waals surface area contributed by atoms with Crippen molar-refractivity contribution in [2.24, 2.45) is 11.8 Å². The van der Waals surface area contributed by atoms with Gasteiger partial charge in [0.15, 0.2) is 0 Å². The van der Waals surface area contributed by atoms with Crippen molar-refractivity contribution in [2.75, 3.05) is 16.9 Å². The van der Waals surface area contributed by atoms with E-state index in [9.17, 15) is 33.1 Å². The van der Waals surface area contributed by atoms with Crippen LogP contribution >= 0.6 is 22.7 Å². The number of thiophene rings is 2. The van der Waals surface area contributed by atoms with Gasteiger partial charge in [0.1, 0.15) is 21.4 Å². The minimum absolute atomic E-state index is 0.0211. The van der Waals surface area contributed by atoms with Gasteiger partial charge in [0.05, 0.1) is 18.5 Å². The minimum atomic E-state index is -1.02. The SMILES string of the molecule is COC(=O)c1sc(-c2ccc(F)cc2)cc1N1C(=O)CCCC1C1CCCCC1.O=C(O)c1sc(-c2ccc(F)cc2)cc1N1C(=O)CCCC1C1CCCCC1. The van der Waals surface area contributed by atoms with Crippen LogP contribution in [0.5, 0.6) is 0 Å². The molecule has 0 radical (unpaired) electrons. The van der Waals surface area contributed by atoms with Crippen LogP contribution in [0.2, 0.25) is 0 Å². The zero-order valence-corrected chi connectivity index (χ0v) is 34.0. The van der Waals surface area contributed by atoms with Crippen LogP contribution in [0.3, 0.4) is 0 Å². The number of amides is 2. The van der Waals surface area contributed by atoms with Crippen molar-refractivity contribution in [3.05, 3.63) is 82.1 Å². The molecule has 2 unspecified atom stereocenters. The van der Waals surface area contributed by atoms with Gasteiger partial charge in [0, 0.05) is 34.7 Å². The van der Waals surface area contributed by atoms with E-state index in [0.29, 0.717) is 40.9 Å². The molecule has 2 aliphatic carbocycles. The largest absolute Gasteiger partial charge is 0.477 e. The molecule has 2 atom stereocenters. The number of ether oxygens (including phenoxy) is 1. The minimum Gasteiger partial charge on any atom is -0.477 e. The van der Waals surface area contributed by atoms with E-state index < -0.39 is 11.9 Å². The number of nitrogens with zero attached hydrogens (tertiary/aromatic N) is 2. The number of carboxylic acid groups (broad SMARTS) is 1. The summed E-state index contributed by atoms with van der Waals surface area (Å²) in [6.07, 6.45) is 16.4. The summed E-state index contributed by atoms with van der Waals surface area (Å²) in [5, 5.41) is 9.80. The monoisotopic (exact) mass is 816 g/mol. The average molecular weight is 817 g/mol. The van der Waals surface area contributed by atoms with Crippen molar-refractivity contribution in [1.82, 2.24) is 0 Å². The fraction of sp³-hybridized carbons (Fsp3) is 0.467. The lowest BCUT2D eigenvalue weighted by Crippen LogP contribution is -2.48. The number of anilines is 2. The molecular weight excluding hydrogens is 767 g/mol. The fourth-order valence-corrected chi connectivity index (χ4v) is 11.4. The second-order valence-corrected chi connectivity index (χ2v) is 17.8. The fourth-order valence-electron chi connectivity index (χ4n) is 9.38. The van der Waals surface area contributed by atoms with Gasteiger partial charge in [-0.2, -0.15) is 0 Å². The molecule has 0 spiro atoms. The third-order valence-corrected chi connectivity index (χ3v) is 14.5. The second-order valence-electron chi connectivity index (χ2n) is 15.7. The predicted octanol–water partition coefficient (Wildman–Crippen LogP) is 11.5. The molecule has 2 saturated carbocycles. The number of esters is 1. The summed E-state index contributed by atoms with van der Waals surface area (Å²) >= 11 is 2.46. The summed E-state index contributed by atoms with van der Waals surface area (Å²) < 4.78 is 31.6. The Labute approximate surface area is 340 Å². The van der Waals surface area contributed by atoms with Crippen molar-refractivity contribution in [3.8, 4) is 20.9 Å². The van der Waals surface area contributed by atoms with Gasteiger partial charge in [0.25, 0.3) is 0 Å². The summed E-state index contributed by atoms with van der Waals surface area (Å²) in [5.41, 5.74) is 2.75. The quantitative estimate of drug-likeness (QED) is 0.178. The first kappa shape index (κ1) is 40.8. The number of hydrogen-bond acceptors (Lipinski definition) is 7. The van der Waals surface area contributed by atoms with E-state index in [-0.39, 0.29) is 40.4 Å². The van der Waals surface area contributed by atoms with E-state index in [1.165, 1.54) is 81.2 Å². The summed E-state index contributed by atoms with van der Waals surface area (Å²) in [6, 6.07) is 16.2. The molecule has 0 bridgehead atoms. The molecule has 2 aliphatic heterocycles. The number of benzene rings is 2. The molecule has 8 rings (SSSR count). The Hall–Kier alpha value is -4.42. The van der Waals surface area contributed by atoms with Crippen molar-refractivity contribution >= 4 is 57.8 Å². The molecule has 1 N–H and O–H groups in total. The van der Waals surface area contributed by atoms with E-state index in [0.717, 1.165) is 83.6 Å². The predicted molar refractivity (Wildman–Crippen MR) is 221 cm³/mol. The standard InChI is InChI=1S/C23H26FNO3S.C22H24FNO3S/c1-28-23(27)22-19(14-20(29-22)16-10-12-17(24)13-11-16)25-18(8-5-9-21(25)26)15-6-3-2-4-7-15;23-16-11-9-15(10-12-16)19-13-18(21(28-19)22(26)27)24-17(7-4-8-20(24)25)14-5-2-1-3-6-14/h10-15,18H,2-9H2,1H3;9-14,17H,1-8H2,(H,26,27). The van der Waals surface area contributed by atoms with E-state index in [4.69, 9.17) is 4.74 Å². The molecule has 302 valence electrons. The van der Waals surface area contributed by atoms with Crippen LogP contribution in [-0.2, 0) is 14.3 Å². The maximum Gasteiger partial charge on any atom is 0.350 e. The third kappa shape index (κ3) is 9.17. The average Bonchev–Trinajstić information content (AvgIpc) is 3.88. The van der Waals surface area contributed by atoms with E-state index in [1.54, 1.807) is 35.2 Å². The van der Waals surface area contributed by atoms with Gasteiger partial charge >= 0.3 is 11.9 Å². The van der Waals surface area contributed by atoms with Gasteiger partial charge in [0.2, 0.25) is 11.8 Å². The summed E-state index contributed by atoms with van der Waals surface area (Å²) in [6.45, 7) is 0. The maximum atomic E-state index is 13.3. The summed E-state index contributed by atoms with van der Waals surface area (Å²) in [4.78, 5) is 56.3. The number of halogens is 2. The number of carboxylic acids is 1. The van der Waals surface area contributed by atoms with Gasteiger partial charge in [-0.15, -0.1) is 22.7 Å². The van der Waals surface area contributed by atoms with E-state index in [1.807, 2.05) is 11.0 Å². The first-order valence-electron chi connectivity index (χ1n) is 20.4. The highest BCUT2D eigenvalue weighted by Gasteiger charge is 2.39. The Bertz CT molecular complexity index is 2050. The Kier molecular flexibility index (Phi) is 13.2. The van der Waals surface area contributed by atoms with Gasteiger partial charge in [-0.05, 0) is 111 Å². The smallest absolute Gasteiger partial charge is 0.350 e. The Morgan fingerprint density at radius 1 is 0.614 bits per heavy atom. The van der Waals surface area contributed by atoms with Crippen LogP contribution in [0.15, 0.2) is 60.7 Å². The molecule has 57 heavy (non-hydrogen) atoms. The molecule has 2 amide bonds. The number of piperidine rings is 2. The number of methoxy groups -OCH3 is 1. The van der Waals surface area contributed by atoms with Crippen LogP contribution in [0.4, 0.5) is 20.2 Å². The van der Waals surface area contributed by atoms with Crippen molar-refractivity contribution in [3.63, 3.8) is 0 Å². The molecule has 8 nitrogen and oxygen atoms in total. The van der Waals surface area contributed by atoms with E-state index in [2.05, 4.69) is 0 Å². The molecule has 4 aromatic rings. The van der Waals surface area contributed by atoms with Crippen molar-refractivity contribution in [1.29, 1.82) is 0 Å². The van der Waals surface area contributed by atoms with Gasteiger partial charge in [-0.25, -0.2) is 18.4 Å². The topological polar surface area (TPSA) is 104 Å². The van der Waals surface area contributed by atoms with E-state index >= 15 is 0 Å². The number of hydrogen-bond donors (Lipinski definition) is 1. The number of carbonyl (C=O) groups is 4. The zero-order chi connectivity index (χ0) is 40.1. The van der Waals surface area contributed by atoms with Crippen LogP contribution in [0.25, 0.3) is 20.9 Å². The van der Waals surface area contributed by atoms with Crippen LogP contribution in [0.1, 0.15) is 122 Å². The number of carbonyl (C=O) groups excluding carboxylic acids is 3. The van der Waals surface area contributed by atoms with Crippen molar-refractivity contribution < 1.29 is 37.8 Å². The van der Waals surface area contributed by atoms with Crippen LogP contribution in [-0.4, -0.2) is 48.1 Å². The Morgan fingerprint density at radius 3 is 1.42 bits per heavy atom. The lowest BCUT2D eigenvalue weighted by molar-refractivity contribution is -0.121. The van der Waals surface area contributed by atoms with Crippen molar-refractivity contribution in [2.45, 2.75) is 115 Å². The maximum absolute atomic E-state index is 13.3. The highest BCUT2D eigenvalue weighted by molar-refractivity contribution is 7.18. The lowest BCUT2D eigenvalue weighted by Gasteiger charge is -2.41. The molecule has 4 heterocycles. The van der Waals surface area contributed by atoms with Gasteiger partial charge in [-0.1, -0.05) is 62.8 Å². The summed E-state index contributed by atoms with van der Waals surface area (Å²) in [7, 11) is 1.36. The first-order chi connectivity index (χ1) is 27.6. The van der Waals surface area contributed by atoms with Crippen LogP contribution < -0.4 is 9.80 Å². The zero-order valence-electron chi connectivity index (χ0n) is 32.4. The normalized spacial score (nSPS) is 20.9. The highest BCUT2D eigenvalue weighted by Crippen LogP contribution is 2.45. The number of aromatic carboxylic acids is 1. The van der Waals surface area contributed by atoms with Gasteiger partial charge in [-0.3, -0.25) is 9.59 Å². The second kappa shape index (κ2) is 18.4. The molecule has 12 heteroatoms.